The van der Waals surface area contributed by atoms with Crippen molar-refractivity contribution in [2.24, 2.45) is 0 Å². The van der Waals surface area contributed by atoms with Crippen LogP contribution in [0.25, 0.3) is 10.9 Å². The maximum atomic E-state index is 9.51. The summed E-state index contributed by atoms with van der Waals surface area (Å²) in [6.45, 7) is 1.45. The Morgan fingerprint density at radius 3 is 3.06 bits per heavy atom. The van der Waals surface area contributed by atoms with Crippen molar-refractivity contribution in [1.82, 2.24) is 9.97 Å². The molecule has 0 spiro atoms. The lowest BCUT2D eigenvalue weighted by Gasteiger charge is -2.15. The molecule has 5 heteroatoms. The van der Waals surface area contributed by atoms with Crippen LogP contribution in [0.15, 0.2) is 28.9 Å². The van der Waals surface area contributed by atoms with Gasteiger partial charge in [0.15, 0.2) is 0 Å². The monoisotopic (exact) mass is 293 g/mol. The Morgan fingerprint density at radius 2 is 2.29 bits per heavy atom. The summed E-state index contributed by atoms with van der Waals surface area (Å²) in [7, 11) is 0. The number of aliphatic hydroxyl groups excluding tert-OH is 1. The molecular weight excluding hydrogens is 282 g/mol. The van der Waals surface area contributed by atoms with Gasteiger partial charge in [-0.3, -0.25) is 0 Å². The van der Waals surface area contributed by atoms with Crippen LogP contribution in [0, 0.1) is 0 Å². The molecule has 1 aromatic carbocycles. The summed E-state index contributed by atoms with van der Waals surface area (Å²) in [6, 6.07) is 5.94. The second-order valence-electron chi connectivity index (χ2n) is 4.26. The number of hydrogen-bond donors (Lipinski definition) is 1. The molecule has 0 bridgehead atoms. The van der Waals surface area contributed by atoms with Crippen molar-refractivity contribution in [1.29, 1.82) is 0 Å². The van der Waals surface area contributed by atoms with E-state index in [-0.39, 0.29) is 6.10 Å². The lowest BCUT2D eigenvalue weighted by Crippen LogP contribution is -2.23. The number of nitrogens with zero attached hydrogens (tertiary/aromatic N) is 3. The number of aliphatic hydroxyl groups is 1. The average molecular weight is 294 g/mol. The van der Waals surface area contributed by atoms with Crippen molar-refractivity contribution in [3.05, 3.63) is 28.9 Å². The molecule has 1 aromatic heterocycles. The van der Waals surface area contributed by atoms with E-state index < -0.39 is 0 Å². The molecule has 17 heavy (non-hydrogen) atoms. The van der Waals surface area contributed by atoms with Gasteiger partial charge >= 0.3 is 0 Å². The molecule has 2 heterocycles. The van der Waals surface area contributed by atoms with Crippen LogP contribution < -0.4 is 4.90 Å². The molecule has 1 fully saturated rings. The second kappa shape index (κ2) is 4.23. The molecule has 1 unspecified atom stereocenters. The van der Waals surface area contributed by atoms with Gasteiger partial charge in [-0.25, -0.2) is 9.97 Å². The molecular formula is C12H12BrN3O. The van der Waals surface area contributed by atoms with Gasteiger partial charge in [0.2, 0.25) is 5.95 Å². The first-order valence-corrected chi connectivity index (χ1v) is 6.37. The molecule has 0 radical (unpaired) electrons. The van der Waals surface area contributed by atoms with Crippen LogP contribution in [0.1, 0.15) is 6.42 Å². The topological polar surface area (TPSA) is 49.2 Å². The minimum atomic E-state index is -0.251. The van der Waals surface area contributed by atoms with E-state index in [0.717, 1.165) is 28.3 Å². The van der Waals surface area contributed by atoms with E-state index in [1.807, 2.05) is 29.3 Å². The molecule has 3 rings (SSSR count). The standard InChI is InChI=1S/C12H12BrN3O/c13-9-1-2-11-8(5-9)6-14-12(15-11)16-4-3-10(17)7-16/h1-2,5-6,10,17H,3-4,7H2. The summed E-state index contributed by atoms with van der Waals surface area (Å²) in [5, 5.41) is 10.5. The molecule has 88 valence electrons. The minimum Gasteiger partial charge on any atom is -0.391 e. The highest BCUT2D eigenvalue weighted by atomic mass is 79.9. The van der Waals surface area contributed by atoms with E-state index in [1.54, 1.807) is 0 Å². The summed E-state index contributed by atoms with van der Waals surface area (Å²) >= 11 is 3.43. The zero-order valence-corrected chi connectivity index (χ0v) is 10.8. The molecule has 1 saturated heterocycles. The van der Waals surface area contributed by atoms with Gasteiger partial charge in [-0.2, -0.15) is 0 Å². The van der Waals surface area contributed by atoms with Crippen molar-refractivity contribution < 1.29 is 5.11 Å². The minimum absolute atomic E-state index is 0.251. The number of aromatic nitrogens is 2. The molecule has 1 atom stereocenters. The normalized spacial score (nSPS) is 20.1. The highest BCUT2D eigenvalue weighted by Crippen LogP contribution is 2.21. The summed E-state index contributed by atoms with van der Waals surface area (Å²) in [6.07, 6.45) is 2.37. The third-order valence-electron chi connectivity index (χ3n) is 2.98. The molecule has 2 aromatic rings. The molecule has 1 aliphatic rings. The third-order valence-corrected chi connectivity index (χ3v) is 3.47. The summed E-state index contributed by atoms with van der Waals surface area (Å²) in [5.74, 6) is 0.705. The van der Waals surface area contributed by atoms with Gasteiger partial charge in [0.25, 0.3) is 0 Å². The van der Waals surface area contributed by atoms with Crippen molar-refractivity contribution in [3.63, 3.8) is 0 Å². The van der Waals surface area contributed by atoms with Gasteiger partial charge in [-0.05, 0) is 24.6 Å². The first kappa shape index (κ1) is 10.9. The van der Waals surface area contributed by atoms with E-state index in [4.69, 9.17) is 0 Å². The molecule has 0 aliphatic carbocycles. The highest BCUT2D eigenvalue weighted by molar-refractivity contribution is 9.10. The number of fused-ring (bicyclic) bond motifs is 1. The Balaban J connectivity index is 1.99. The van der Waals surface area contributed by atoms with Gasteiger partial charge in [0, 0.05) is 29.1 Å². The average Bonchev–Trinajstić information content (AvgIpc) is 2.75. The van der Waals surface area contributed by atoms with Gasteiger partial charge < -0.3 is 10.0 Å². The smallest absolute Gasteiger partial charge is 0.225 e. The maximum absolute atomic E-state index is 9.51. The van der Waals surface area contributed by atoms with Crippen molar-refractivity contribution in [3.8, 4) is 0 Å². The molecule has 4 nitrogen and oxygen atoms in total. The van der Waals surface area contributed by atoms with Gasteiger partial charge in [-0.15, -0.1) is 0 Å². The quantitative estimate of drug-likeness (QED) is 0.873. The number of rotatable bonds is 1. The molecule has 0 saturated carbocycles. The number of benzene rings is 1. The Labute approximate surface area is 107 Å². The fourth-order valence-corrected chi connectivity index (χ4v) is 2.45. The summed E-state index contributed by atoms with van der Waals surface area (Å²) in [5.41, 5.74) is 0.930. The number of halogens is 1. The van der Waals surface area contributed by atoms with Crippen molar-refractivity contribution >= 4 is 32.8 Å². The lowest BCUT2D eigenvalue weighted by molar-refractivity contribution is 0.198. The Bertz CT molecular complexity index is 560. The highest BCUT2D eigenvalue weighted by Gasteiger charge is 2.22. The van der Waals surface area contributed by atoms with Crippen LogP contribution in [0.4, 0.5) is 5.95 Å². The zero-order chi connectivity index (χ0) is 11.8. The van der Waals surface area contributed by atoms with E-state index in [9.17, 15) is 5.11 Å². The predicted molar refractivity (Wildman–Crippen MR) is 70.1 cm³/mol. The molecule has 1 aliphatic heterocycles. The van der Waals surface area contributed by atoms with Crippen LogP contribution in [0.5, 0.6) is 0 Å². The third kappa shape index (κ3) is 2.12. The zero-order valence-electron chi connectivity index (χ0n) is 9.17. The van der Waals surface area contributed by atoms with Crippen molar-refractivity contribution in [2.45, 2.75) is 12.5 Å². The van der Waals surface area contributed by atoms with E-state index in [0.29, 0.717) is 12.5 Å². The van der Waals surface area contributed by atoms with Gasteiger partial charge in [-0.1, -0.05) is 15.9 Å². The molecule has 0 amide bonds. The van der Waals surface area contributed by atoms with E-state index in [1.165, 1.54) is 0 Å². The number of β-amino-alcohol motifs (C(OH)–C–C–N with tert-alkyl or cyclic N) is 1. The number of hydrogen-bond acceptors (Lipinski definition) is 4. The van der Waals surface area contributed by atoms with E-state index in [2.05, 4.69) is 25.9 Å². The van der Waals surface area contributed by atoms with Crippen LogP contribution >= 0.6 is 15.9 Å². The van der Waals surface area contributed by atoms with Crippen LogP contribution in [-0.2, 0) is 0 Å². The Hall–Kier alpha value is -1.20. The fourth-order valence-electron chi connectivity index (χ4n) is 2.07. The summed E-state index contributed by atoms with van der Waals surface area (Å²) in [4.78, 5) is 10.9. The SMILES string of the molecule is OC1CCN(c2ncc3cc(Br)ccc3n2)C1. The number of anilines is 1. The first-order valence-electron chi connectivity index (χ1n) is 5.58. The summed E-state index contributed by atoms with van der Waals surface area (Å²) < 4.78 is 1.03. The Kier molecular flexibility index (Phi) is 2.72. The first-order chi connectivity index (χ1) is 8.22. The molecule has 1 N–H and O–H groups in total. The largest absolute Gasteiger partial charge is 0.391 e. The van der Waals surface area contributed by atoms with Crippen LogP contribution in [0.2, 0.25) is 0 Å². The van der Waals surface area contributed by atoms with Crippen LogP contribution in [0.3, 0.4) is 0 Å². The lowest BCUT2D eigenvalue weighted by atomic mass is 10.2. The maximum Gasteiger partial charge on any atom is 0.225 e. The van der Waals surface area contributed by atoms with Crippen LogP contribution in [-0.4, -0.2) is 34.3 Å². The second-order valence-corrected chi connectivity index (χ2v) is 5.18. The van der Waals surface area contributed by atoms with Gasteiger partial charge in [0.1, 0.15) is 0 Å². The van der Waals surface area contributed by atoms with E-state index >= 15 is 0 Å². The van der Waals surface area contributed by atoms with Gasteiger partial charge in [0.05, 0.1) is 11.6 Å². The predicted octanol–water partition coefficient (Wildman–Crippen LogP) is 1.96. The van der Waals surface area contributed by atoms with Crippen molar-refractivity contribution in [2.75, 3.05) is 18.0 Å². The Morgan fingerprint density at radius 1 is 1.41 bits per heavy atom. The fraction of sp³-hybridized carbons (Fsp3) is 0.333.